The quantitative estimate of drug-likeness (QED) is 0.873. The number of nitrogens with zero attached hydrogens (tertiary/aromatic N) is 1. The number of carboxylic acids is 1. The first kappa shape index (κ1) is 13.1. The average Bonchev–Trinajstić information content (AvgIpc) is 3.08. The fourth-order valence-corrected chi connectivity index (χ4v) is 2.14. The summed E-state index contributed by atoms with van der Waals surface area (Å²) in [6, 6.07) is 2.17. The van der Waals surface area contributed by atoms with Gasteiger partial charge in [-0.2, -0.15) is 0 Å². The lowest BCUT2D eigenvalue weighted by Crippen LogP contribution is -2.32. The van der Waals surface area contributed by atoms with Crippen LogP contribution in [0.2, 0.25) is 0 Å². The van der Waals surface area contributed by atoms with Crippen molar-refractivity contribution in [2.75, 3.05) is 6.54 Å². The van der Waals surface area contributed by atoms with E-state index in [9.17, 15) is 9.59 Å². The highest BCUT2D eigenvalue weighted by Gasteiger charge is 2.27. The molecular weight excluding hydrogens is 300 g/mol. The zero-order chi connectivity index (χ0) is 13.3. The Labute approximate surface area is 113 Å². The van der Waals surface area contributed by atoms with Gasteiger partial charge in [0.25, 0.3) is 5.91 Å². The Morgan fingerprint density at radius 3 is 2.83 bits per heavy atom. The van der Waals surface area contributed by atoms with Crippen LogP contribution in [0.5, 0.6) is 0 Å². The molecule has 98 valence electrons. The second kappa shape index (κ2) is 5.14. The molecule has 0 aromatic carbocycles. The van der Waals surface area contributed by atoms with E-state index in [1.807, 2.05) is 10.8 Å². The molecule has 2 rings (SSSR count). The maximum atomic E-state index is 12.0. The van der Waals surface area contributed by atoms with Crippen molar-refractivity contribution in [1.29, 1.82) is 0 Å². The molecule has 2 N–H and O–H groups in total. The second-order valence-electron chi connectivity index (χ2n) is 4.63. The molecule has 1 aromatic rings. The Kier molecular flexibility index (Phi) is 3.75. The van der Waals surface area contributed by atoms with Gasteiger partial charge in [0.05, 0.1) is 5.92 Å². The summed E-state index contributed by atoms with van der Waals surface area (Å²) < 4.78 is 2.82. The molecule has 0 bridgehead atoms. The zero-order valence-corrected chi connectivity index (χ0v) is 11.6. The Morgan fingerprint density at radius 1 is 1.61 bits per heavy atom. The summed E-state index contributed by atoms with van der Waals surface area (Å²) in [7, 11) is 0. The number of nitrogens with one attached hydrogen (secondary N) is 1. The maximum absolute atomic E-state index is 12.0. The van der Waals surface area contributed by atoms with Gasteiger partial charge in [-0.15, -0.1) is 0 Å². The normalized spacial score (nSPS) is 16.3. The minimum Gasteiger partial charge on any atom is -0.481 e. The Balaban J connectivity index is 2.02. The highest BCUT2D eigenvalue weighted by Crippen LogP contribution is 2.37. The van der Waals surface area contributed by atoms with Crippen LogP contribution in [0.4, 0.5) is 0 Å². The number of aliphatic carboxylic acids is 1. The van der Waals surface area contributed by atoms with Crippen molar-refractivity contribution in [3.8, 4) is 0 Å². The molecular formula is C12H15BrN2O3. The summed E-state index contributed by atoms with van der Waals surface area (Å²) in [6.07, 6.45) is 4.08. The summed E-state index contributed by atoms with van der Waals surface area (Å²) >= 11 is 3.36. The van der Waals surface area contributed by atoms with Gasteiger partial charge >= 0.3 is 5.97 Å². The minimum absolute atomic E-state index is 0.141. The number of hydrogen-bond donors (Lipinski definition) is 2. The van der Waals surface area contributed by atoms with Gasteiger partial charge in [-0.25, -0.2) is 0 Å². The molecule has 1 fully saturated rings. The van der Waals surface area contributed by atoms with Crippen LogP contribution in [-0.2, 0) is 4.79 Å². The molecule has 1 aromatic heterocycles. The van der Waals surface area contributed by atoms with Crippen molar-refractivity contribution in [3.63, 3.8) is 0 Å². The highest BCUT2D eigenvalue weighted by atomic mass is 79.9. The van der Waals surface area contributed by atoms with Crippen molar-refractivity contribution < 1.29 is 14.7 Å². The fraction of sp³-hybridized carbons (Fsp3) is 0.500. The molecule has 1 aliphatic rings. The molecule has 1 saturated carbocycles. The van der Waals surface area contributed by atoms with E-state index in [-0.39, 0.29) is 12.5 Å². The van der Waals surface area contributed by atoms with E-state index in [4.69, 9.17) is 5.11 Å². The first-order valence-corrected chi connectivity index (χ1v) is 6.66. The number of carboxylic acid groups (broad SMARTS) is 1. The van der Waals surface area contributed by atoms with E-state index in [0.29, 0.717) is 11.7 Å². The van der Waals surface area contributed by atoms with Gasteiger partial charge in [0.15, 0.2) is 0 Å². The maximum Gasteiger partial charge on any atom is 0.308 e. The van der Waals surface area contributed by atoms with Gasteiger partial charge < -0.3 is 15.0 Å². The topological polar surface area (TPSA) is 71.3 Å². The number of aromatic nitrogens is 1. The summed E-state index contributed by atoms with van der Waals surface area (Å²) in [5.74, 6) is -1.71. The standard InChI is InChI=1S/C12H15BrN2O3/c1-7(12(17)18)5-14-11(16)10-4-8(13)6-15(10)9-2-3-9/h4,6-7,9H,2-3,5H2,1H3,(H,14,16)(H,17,18). The van der Waals surface area contributed by atoms with E-state index in [2.05, 4.69) is 21.2 Å². The molecule has 1 heterocycles. The number of hydrogen-bond acceptors (Lipinski definition) is 2. The largest absolute Gasteiger partial charge is 0.481 e. The average molecular weight is 315 g/mol. The van der Waals surface area contributed by atoms with Crippen LogP contribution >= 0.6 is 15.9 Å². The molecule has 0 saturated heterocycles. The smallest absolute Gasteiger partial charge is 0.308 e. The lowest BCUT2D eigenvalue weighted by molar-refractivity contribution is -0.140. The Bertz CT molecular complexity index is 480. The number of halogens is 1. The number of rotatable bonds is 5. The number of carbonyl (C=O) groups excluding carboxylic acids is 1. The number of amides is 1. The van der Waals surface area contributed by atoms with Crippen LogP contribution in [0.1, 0.15) is 36.3 Å². The van der Waals surface area contributed by atoms with Gasteiger partial charge in [-0.3, -0.25) is 9.59 Å². The van der Waals surface area contributed by atoms with E-state index in [0.717, 1.165) is 17.3 Å². The third-order valence-electron chi connectivity index (χ3n) is 2.98. The fourth-order valence-electron chi connectivity index (χ4n) is 1.71. The van der Waals surface area contributed by atoms with Gasteiger partial charge in [-0.1, -0.05) is 6.92 Å². The van der Waals surface area contributed by atoms with Crippen LogP contribution in [0.15, 0.2) is 16.7 Å². The third kappa shape index (κ3) is 2.93. The van der Waals surface area contributed by atoms with Crippen LogP contribution in [-0.4, -0.2) is 28.1 Å². The van der Waals surface area contributed by atoms with Crippen molar-refractivity contribution in [1.82, 2.24) is 9.88 Å². The predicted octanol–water partition coefficient (Wildman–Crippen LogP) is 2.04. The Morgan fingerprint density at radius 2 is 2.28 bits per heavy atom. The summed E-state index contributed by atoms with van der Waals surface area (Å²) in [5.41, 5.74) is 0.585. The van der Waals surface area contributed by atoms with Crippen LogP contribution in [0.3, 0.4) is 0 Å². The van der Waals surface area contributed by atoms with E-state index in [1.165, 1.54) is 0 Å². The highest BCUT2D eigenvalue weighted by molar-refractivity contribution is 9.10. The molecule has 0 radical (unpaired) electrons. The summed E-state index contributed by atoms with van der Waals surface area (Å²) in [6.45, 7) is 1.71. The van der Waals surface area contributed by atoms with Crippen molar-refractivity contribution >= 4 is 27.8 Å². The first-order chi connectivity index (χ1) is 8.49. The molecule has 6 heteroatoms. The molecule has 1 atom stereocenters. The SMILES string of the molecule is CC(CNC(=O)c1cc(Br)cn1C1CC1)C(=O)O. The molecule has 0 spiro atoms. The lowest BCUT2D eigenvalue weighted by atomic mass is 10.2. The minimum atomic E-state index is -0.908. The predicted molar refractivity (Wildman–Crippen MR) is 69.5 cm³/mol. The molecule has 1 aliphatic carbocycles. The molecule has 0 aliphatic heterocycles. The van der Waals surface area contributed by atoms with Crippen LogP contribution in [0.25, 0.3) is 0 Å². The molecule has 1 amide bonds. The summed E-state index contributed by atoms with van der Waals surface area (Å²) in [4.78, 5) is 22.7. The second-order valence-corrected chi connectivity index (χ2v) is 5.55. The molecule has 1 unspecified atom stereocenters. The van der Waals surface area contributed by atoms with E-state index >= 15 is 0 Å². The van der Waals surface area contributed by atoms with Gasteiger partial charge in [0.1, 0.15) is 5.69 Å². The van der Waals surface area contributed by atoms with Crippen molar-refractivity contribution in [2.45, 2.75) is 25.8 Å². The van der Waals surface area contributed by atoms with Gasteiger partial charge in [0, 0.05) is 23.3 Å². The van der Waals surface area contributed by atoms with Crippen LogP contribution < -0.4 is 5.32 Å². The third-order valence-corrected chi connectivity index (χ3v) is 3.41. The first-order valence-electron chi connectivity index (χ1n) is 5.87. The van der Waals surface area contributed by atoms with Gasteiger partial charge in [-0.05, 0) is 34.8 Å². The zero-order valence-electron chi connectivity index (χ0n) is 10.0. The lowest BCUT2D eigenvalue weighted by Gasteiger charge is -2.10. The Hall–Kier alpha value is -1.30. The van der Waals surface area contributed by atoms with E-state index < -0.39 is 11.9 Å². The van der Waals surface area contributed by atoms with E-state index in [1.54, 1.807) is 13.0 Å². The molecule has 5 nitrogen and oxygen atoms in total. The van der Waals surface area contributed by atoms with Gasteiger partial charge in [0.2, 0.25) is 0 Å². The van der Waals surface area contributed by atoms with Crippen molar-refractivity contribution in [3.05, 3.63) is 22.4 Å². The number of carbonyl (C=O) groups is 2. The van der Waals surface area contributed by atoms with Crippen LogP contribution in [0, 0.1) is 5.92 Å². The monoisotopic (exact) mass is 314 g/mol. The summed E-state index contributed by atoms with van der Waals surface area (Å²) in [5, 5.41) is 11.4. The molecule has 18 heavy (non-hydrogen) atoms. The van der Waals surface area contributed by atoms with Crippen molar-refractivity contribution in [2.24, 2.45) is 5.92 Å².